The van der Waals surface area contributed by atoms with E-state index in [1.165, 1.54) is 0 Å². The van der Waals surface area contributed by atoms with Crippen molar-refractivity contribution in [3.63, 3.8) is 0 Å². The first-order chi connectivity index (χ1) is 9.71. The molecule has 0 spiro atoms. The molecule has 0 saturated carbocycles. The summed E-state index contributed by atoms with van der Waals surface area (Å²) in [5.74, 6) is 0. The molecule has 112 valence electrons. The molecule has 0 radical (unpaired) electrons. The molecule has 0 heterocycles. The average Bonchev–Trinajstić information content (AvgIpc) is 2.47. The predicted octanol–water partition coefficient (Wildman–Crippen LogP) is 4.97. The van der Waals surface area contributed by atoms with Crippen molar-refractivity contribution >= 4 is 8.07 Å². The molecule has 2 rings (SSSR count). The first-order valence-corrected chi connectivity index (χ1v) is 10.5. The van der Waals surface area contributed by atoms with E-state index in [0.29, 0.717) is 0 Å². The molecule has 2 aromatic rings. The normalized spacial score (nSPS) is 13.2. The molecule has 0 atom stereocenters. The summed E-state index contributed by atoms with van der Waals surface area (Å²) in [7, 11) is -2.08. The molecular formula is C19H26OSi. The van der Waals surface area contributed by atoms with Crippen molar-refractivity contribution in [3.8, 4) is 0 Å². The van der Waals surface area contributed by atoms with Gasteiger partial charge in [0.25, 0.3) is 0 Å². The van der Waals surface area contributed by atoms with Gasteiger partial charge in [-0.3, -0.25) is 0 Å². The lowest BCUT2D eigenvalue weighted by Crippen LogP contribution is -2.58. The van der Waals surface area contributed by atoms with Crippen LogP contribution in [0.25, 0.3) is 0 Å². The van der Waals surface area contributed by atoms with Gasteiger partial charge in [-0.05, 0) is 16.2 Å². The highest BCUT2D eigenvalue weighted by molar-refractivity contribution is 6.83. The zero-order chi connectivity index (χ0) is 15.7. The summed E-state index contributed by atoms with van der Waals surface area (Å²) in [5.41, 5.74) is 2.01. The maximum absolute atomic E-state index is 11.9. The van der Waals surface area contributed by atoms with E-state index >= 15 is 0 Å². The summed E-state index contributed by atoms with van der Waals surface area (Å²) in [5, 5.41) is 11.1. The molecule has 1 nitrogen and oxygen atoms in total. The second kappa shape index (κ2) is 5.43. The van der Waals surface area contributed by atoms with E-state index in [1.54, 1.807) is 0 Å². The molecule has 1 N–H and O–H groups in total. The number of rotatable bonds is 3. The van der Waals surface area contributed by atoms with Crippen molar-refractivity contribution in [2.45, 2.75) is 44.1 Å². The molecule has 0 unspecified atom stereocenters. The van der Waals surface area contributed by atoms with Gasteiger partial charge in [-0.2, -0.15) is 0 Å². The molecule has 0 bridgehead atoms. The average molecular weight is 299 g/mol. The molecule has 0 aliphatic heterocycles. The van der Waals surface area contributed by atoms with Crippen molar-refractivity contribution in [3.05, 3.63) is 71.8 Å². The number of aliphatic hydroxyl groups is 1. The Bertz CT molecular complexity index is 542. The fourth-order valence-electron chi connectivity index (χ4n) is 2.79. The summed E-state index contributed by atoms with van der Waals surface area (Å²) >= 11 is 0. The zero-order valence-corrected chi connectivity index (χ0v) is 14.7. The minimum Gasteiger partial charge on any atom is -0.384 e. The first-order valence-electron chi connectivity index (χ1n) is 7.54. The highest BCUT2D eigenvalue weighted by Crippen LogP contribution is 2.50. The molecular weight excluding hydrogens is 272 g/mol. The van der Waals surface area contributed by atoms with Crippen LogP contribution in [0.2, 0.25) is 18.1 Å². The van der Waals surface area contributed by atoms with Crippen LogP contribution >= 0.6 is 0 Å². The van der Waals surface area contributed by atoms with Gasteiger partial charge in [0.1, 0.15) is 13.3 Å². The van der Waals surface area contributed by atoms with Crippen molar-refractivity contribution in [2.75, 3.05) is 0 Å². The predicted molar refractivity (Wildman–Crippen MR) is 93.1 cm³/mol. The minimum atomic E-state index is -2.08. The van der Waals surface area contributed by atoms with Crippen LogP contribution in [0.5, 0.6) is 0 Å². The smallest absolute Gasteiger partial charge is 0.103 e. The van der Waals surface area contributed by atoms with Gasteiger partial charge in [0.15, 0.2) is 0 Å². The Hall–Kier alpha value is -1.38. The third-order valence-electron chi connectivity index (χ3n) is 5.16. The molecule has 2 heteroatoms. The Morgan fingerprint density at radius 2 is 1.05 bits per heavy atom. The summed E-state index contributed by atoms with van der Waals surface area (Å²) in [6.45, 7) is 11.3. The molecule has 0 fully saturated rings. The third kappa shape index (κ3) is 2.58. The fourth-order valence-corrected chi connectivity index (χ4v) is 5.65. The highest BCUT2D eigenvalue weighted by atomic mass is 28.3. The Labute approximate surface area is 129 Å². The fraction of sp³-hybridized carbons (Fsp3) is 0.368. The number of hydrogen-bond donors (Lipinski definition) is 1. The van der Waals surface area contributed by atoms with Crippen LogP contribution in [0.15, 0.2) is 60.7 Å². The first kappa shape index (κ1) is 16.0. The van der Waals surface area contributed by atoms with Gasteiger partial charge in [0, 0.05) is 0 Å². The molecule has 0 aliphatic carbocycles. The summed E-state index contributed by atoms with van der Waals surface area (Å²) in [4.78, 5) is 0. The lowest BCUT2D eigenvalue weighted by Gasteiger charge is -2.50. The van der Waals surface area contributed by atoms with E-state index in [1.807, 2.05) is 60.7 Å². The topological polar surface area (TPSA) is 20.2 Å². The lowest BCUT2D eigenvalue weighted by atomic mass is 10.0. The molecule has 2 aromatic carbocycles. The van der Waals surface area contributed by atoms with Crippen LogP contribution in [-0.2, 0) is 5.22 Å². The Kier molecular flexibility index (Phi) is 4.14. The largest absolute Gasteiger partial charge is 0.384 e. The molecule has 0 saturated heterocycles. The molecule has 0 amide bonds. The monoisotopic (exact) mass is 298 g/mol. The van der Waals surface area contributed by atoms with Crippen molar-refractivity contribution in [1.82, 2.24) is 0 Å². The van der Waals surface area contributed by atoms with Gasteiger partial charge < -0.3 is 5.11 Å². The quantitative estimate of drug-likeness (QED) is 0.793. The summed E-state index contributed by atoms with van der Waals surface area (Å²) < 4.78 is 0. The van der Waals surface area contributed by atoms with E-state index in [9.17, 15) is 5.11 Å². The summed E-state index contributed by atoms with van der Waals surface area (Å²) in [6, 6.07) is 20.2. The van der Waals surface area contributed by atoms with Crippen molar-refractivity contribution < 1.29 is 5.11 Å². The third-order valence-corrected chi connectivity index (χ3v) is 11.3. The maximum atomic E-state index is 11.9. The van der Waals surface area contributed by atoms with Crippen LogP contribution in [0, 0.1) is 0 Å². The van der Waals surface area contributed by atoms with Gasteiger partial charge in [0.05, 0.1) is 0 Å². The van der Waals surface area contributed by atoms with Gasteiger partial charge in [-0.15, -0.1) is 0 Å². The molecule has 0 aromatic heterocycles. The second-order valence-electron chi connectivity index (χ2n) is 7.32. The van der Waals surface area contributed by atoms with Crippen LogP contribution in [0.4, 0.5) is 0 Å². The van der Waals surface area contributed by atoms with E-state index in [4.69, 9.17) is 0 Å². The van der Waals surface area contributed by atoms with E-state index in [-0.39, 0.29) is 5.04 Å². The van der Waals surface area contributed by atoms with E-state index in [2.05, 4.69) is 33.9 Å². The van der Waals surface area contributed by atoms with Gasteiger partial charge in [-0.1, -0.05) is 94.5 Å². The zero-order valence-electron chi connectivity index (χ0n) is 13.7. The molecule has 21 heavy (non-hydrogen) atoms. The minimum absolute atomic E-state index is 0.0768. The van der Waals surface area contributed by atoms with Gasteiger partial charge in [-0.25, -0.2) is 0 Å². The molecule has 0 aliphatic rings. The van der Waals surface area contributed by atoms with Crippen LogP contribution < -0.4 is 0 Å². The summed E-state index contributed by atoms with van der Waals surface area (Å²) in [6.07, 6.45) is 0. The van der Waals surface area contributed by atoms with Gasteiger partial charge >= 0.3 is 0 Å². The lowest BCUT2D eigenvalue weighted by molar-refractivity contribution is 0.152. The van der Waals surface area contributed by atoms with Crippen LogP contribution in [0.1, 0.15) is 31.9 Å². The number of hydrogen-bond acceptors (Lipinski definition) is 1. The standard InChI is InChI=1S/C19H26OSi/c1-18(2,3)21(4,5)19(20,16-12-8-6-9-13-16)17-14-10-7-11-15-17/h6-15,20H,1-5H3. The Morgan fingerprint density at radius 1 is 0.714 bits per heavy atom. The SMILES string of the molecule is CC(C)(C)[Si](C)(C)C(O)(c1ccccc1)c1ccccc1. The van der Waals surface area contributed by atoms with Crippen molar-refractivity contribution in [2.24, 2.45) is 0 Å². The van der Waals surface area contributed by atoms with Gasteiger partial charge in [0.2, 0.25) is 0 Å². The van der Waals surface area contributed by atoms with E-state index in [0.717, 1.165) is 11.1 Å². The number of benzene rings is 2. The van der Waals surface area contributed by atoms with E-state index < -0.39 is 13.3 Å². The maximum Gasteiger partial charge on any atom is 0.103 e. The van der Waals surface area contributed by atoms with Crippen molar-refractivity contribution in [1.29, 1.82) is 0 Å². The van der Waals surface area contributed by atoms with Crippen LogP contribution in [-0.4, -0.2) is 13.2 Å². The van der Waals surface area contributed by atoms with Crippen LogP contribution in [0.3, 0.4) is 0 Å². The highest BCUT2D eigenvalue weighted by Gasteiger charge is 2.54. The second-order valence-corrected chi connectivity index (χ2v) is 12.8. The Morgan fingerprint density at radius 3 is 1.33 bits per heavy atom. The Balaban J connectivity index is 2.73.